The Bertz CT molecular complexity index is 1090. The fourth-order valence-corrected chi connectivity index (χ4v) is 3.13. The van der Waals surface area contributed by atoms with Crippen LogP contribution in [0.4, 0.5) is 5.69 Å². The maximum atomic E-state index is 12.7. The molecule has 0 aliphatic carbocycles. The molecular weight excluding hydrogens is 328 g/mol. The lowest BCUT2D eigenvalue weighted by atomic mass is 10.1. The number of H-pyrrole nitrogens is 2. The number of amides is 1. The maximum Gasteiger partial charge on any atom is 0.276 e. The molecule has 132 valence electrons. The second-order valence-electron chi connectivity index (χ2n) is 6.33. The zero-order valence-electron chi connectivity index (χ0n) is 14.5. The first-order valence-electron chi connectivity index (χ1n) is 8.59. The summed E-state index contributed by atoms with van der Waals surface area (Å²) < 4.78 is 0. The predicted octanol–water partition coefficient (Wildman–Crippen LogP) is 2.89. The lowest BCUT2D eigenvalue weighted by Gasteiger charge is -2.04. The van der Waals surface area contributed by atoms with Gasteiger partial charge in [0.25, 0.3) is 5.91 Å². The average molecular weight is 348 g/mol. The highest BCUT2D eigenvalue weighted by molar-refractivity contribution is 6.12. The van der Waals surface area contributed by atoms with E-state index in [-0.39, 0.29) is 5.91 Å². The van der Waals surface area contributed by atoms with E-state index in [0.717, 1.165) is 46.2 Å². The molecule has 7 nitrogen and oxygen atoms in total. The summed E-state index contributed by atoms with van der Waals surface area (Å²) in [6.45, 7) is 2.60. The fourth-order valence-electron chi connectivity index (χ4n) is 3.13. The highest BCUT2D eigenvalue weighted by Crippen LogP contribution is 2.22. The van der Waals surface area contributed by atoms with E-state index in [2.05, 4.69) is 25.5 Å². The average Bonchev–Trinajstić information content (AvgIpc) is 3.24. The third kappa shape index (κ3) is 2.93. The monoisotopic (exact) mass is 348 g/mol. The number of aromatic nitrogens is 4. The quantitative estimate of drug-likeness (QED) is 0.444. The third-order valence-electron chi connectivity index (χ3n) is 4.42. The van der Waals surface area contributed by atoms with Crippen LogP contribution in [0.2, 0.25) is 0 Å². The van der Waals surface area contributed by atoms with Crippen molar-refractivity contribution in [3.05, 3.63) is 53.5 Å². The van der Waals surface area contributed by atoms with Gasteiger partial charge in [-0.05, 0) is 49.7 Å². The summed E-state index contributed by atoms with van der Waals surface area (Å²) in [7, 11) is 0. The molecule has 0 aliphatic rings. The molecule has 1 amide bonds. The van der Waals surface area contributed by atoms with E-state index in [9.17, 15) is 4.79 Å². The topological polar surface area (TPSA) is 112 Å². The van der Waals surface area contributed by atoms with Gasteiger partial charge < -0.3 is 16.0 Å². The Morgan fingerprint density at radius 2 is 2.12 bits per heavy atom. The number of nitrogens with zero attached hydrogens (tertiary/aromatic N) is 2. The molecule has 0 fully saturated rings. The van der Waals surface area contributed by atoms with Crippen LogP contribution in [0.25, 0.3) is 21.9 Å². The smallest absolute Gasteiger partial charge is 0.276 e. The number of benzene rings is 2. The Labute approximate surface area is 150 Å². The molecule has 0 saturated carbocycles. The van der Waals surface area contributed by atoms with Crippen molar-refractivity contribution in [2.45, 2.75) is 19.8 Å². The van der Waals surface area contributed by atoms with E-state index in [0.29, 0.717) is 17.9 Å². The van der Waals surface area contributed by atoms with E-state index < -0.39 is 0 Å². The van der Waals surface area contributed by atoms with Crippen molar-refractivity contribution in [2.24, 2.45) is 5.73 Å². The van der Waals surface area contributed by atoms with Crippen molar-refractivity contribution in [2.75, 3.05) is 11.9 Å². The molecule has 2 aromatic carbocycles. The van der Waals surface area contributed by atoms with Crippen molar-refractivity contribution < 1.29 is 4.79 Å². The zero-order valence-corrected chi connectivity index (χ0v) is 14.5. The lowest BCUT2D eigenvalue weighted by Crippen LogP contribution is -2.13. The number of fused-ring (bicyclic) bond motifs is 2. The number of hydrogen-bond acceptors (Lipinski definition) is 4. The molecule has 0 atom stereocenters. The van der Waals surface area contributed by atoms with Crippen LogP contribution in [-0.2, 0) is 6.42 Å². The first-order chi connectivity index (χ1) is 12.7. The molecule has 7 heteroatoms. The summed E-state index contributed by atoms with van der Waals surface area (Å²) >= 11 is 0. The highest BCUT2D eigenvalue weighted by Gasteiger charge is 2.16. The maximum absolute atomic E-state index is 12.7. The van der Waals surface area contributed by atoms with Crippen LogP contribution in [0.5, 0.6) is 0 Å². The summed E-state index contributed by atoms with van der Waals surface area (Å²) in [6.07, 6.45) is 1.69. The molecule has 26 heavy (non-hydrogen) atoms. The van der Waals surface area contributed by atoms with Gasteiger partial charge in [-0.1, -0.05) is 12.1 Å². The molecule has 0 saturated heterocycles. The van der Waals surface area contributed by atoms with Gasteiger partial charge in [-0.15, -0.1) is 0 Å². The van der Waals surface area contributed by atoms with E-state index in [4.69, 9.17) is 5.73 Å². The Balaban J connectivity index is 1.60. The number of imidazole rings is 1. The standard InChI is InChI=1S/C19H20N6O/c1-11-4-2-5-14-17(11)18(25-24-14)19(26)21-12-7-8-13-15(10-12)23-16(22-13)6-3-9-20/h2,4-5,7-8,10H,3,6,9,20H2,1H3,(H,21,26)(H,22,23)(H,24,25). The van der Waals surface area contributed by atoms with Crippen LogP contribution in [0.3, 0.4) is 0 Å². The lowest BCUT2D eigenvalue weighted by molar-refractivity contribution is 0.102. The van der Waals surface area contributed by atoms with Crippen LogP contribution >= 0.6 is 0 Å². The number of hydrogen-bond donors (Lipinski definition) is 4. The van der Waals surface area contributed by atoms with Gasteiger partial charge in [-0.2, -0.15) is 5.10 Å². The van der Waals surface area contributed by atoms with Gasteiger partial charge in [-0.25, -0.2) is 4.98 Å². The van der Waals surface area contributed by atoms with Crippen molar-refractivity contribution in [1.29, 1.82) is 0 Å². The molecular formula is C19H20N6O. The molecule has 0 bridgehead atoms. The largest absolute Gasteiger partial charge is 0.342 e. The minimum Gasteiger partial charge on any atom is -0.342 e. The second kappa shape index (κ2) is 6.61. The van der Waals surface area contributed by atoms with E-state index in [1.807, 2.05) is 43.3 Å². The Hall–Kier alpha value is -3.19. The number of aromatic amines is 2. The molecule has 5 N–H and O–H groups in total. The van der Waals surface area contributed by atoms with Crippen LogP contribution in [0.15, 0.2) is 36.4 Å². The normalized spacial score (nSPS) is 11.3. The van der Waals surface area contributed by atoms with E-state index >= 15 is 0 Å². The molecule has 0 aliphatic heterocycles. The van der Waals surface area contributed by atoms with Gasteiger partial charge in [0.1, 0.15) is 5.82 Å². The van der Waals surface area contributed by atoms with Gasteiger partial charge in [0.05, 0.1) is 16.6 Å². The molecule has 2 aromatic heterocycles. The van der Waals surface area contributed by atoms with E-state index in [1.165, 1.54) is 0 Å². The zero-order chi connectivity index (χ0) is 18.1. The summed E-state index contributed by atoms with van der Waals surface area (Å²) in [4.78, 5) is 20.5. The summed E-state index contributed by atoms with van der Waals surface area (Å²) in [6, 6.07) is 11.4. The van der Waals surface area contributed by atoms with E-state index in [1.54, 1.807) is 0 Å². The van der Waals surface area contributed by atoms with Gasteiger partial charge in [0.15, 0.2) is 5.69 Å². The van der Waals surface area contributed by atoms with Crippen LogP contribution in [0.1, 0.15) is 28.3 Å². The predicted molar refractivity (Wildman–Crippen MR) is 102 cm³/mol. The van der Waals surface area contributed by atoms with Gasteiger partial charge in [0, 0.05) is 17.5 Å². The molecule has 0 unspecified atom stereocenters. The number of anilines is 1. The first-order valence-corrected chi connectivity index (χ1v) is 8.59. The molecule has 4 rings (SSSR count). The van der Waals surface area contributed by atoms with Gasteiger partial charge in [0.2, 0.25) is 0 Å². The minimum absolute atomic E-state index is 0.246. The SMILES string of the molecule is Cc1cccc2[nH]nc(C(=O)Nc3ccc4[nH]c(CCCN)nc4c3)c12. The van der Waals surface area contributed by atoms with Crippen LogP contribution < -0.4 is 11.1 Å². The van der Waals surface area contributed by atoms with Crippen LogP contribution in [0, 0.1) is 6.92 Å². The first kappa shape index (κ1) is 16.3. The fraction of sp³-hybridized carbons (Fsp3) is 0.211. The van der Waals surface area contributed by atoms with Crippen molar-refractivity contribution in [3.8, 4) is 0 Å². The molecule has 2 heterocycles. The minimum atomic E-state index is -0.246. The highest BCUT2D eigenvalue weighted by atomic mass is 16.1. The molecule has 0 radical (unpaired) electrons. The van der Waals surface area contributed by atoms with Crippen LogP contribution in [-0.4, -0.2) is 32.6 Å². The Morgan fingerprint density at radius 3 is 2.96 bits per heavy atom. The number of nitrogens with two attached hydrogens (primary N) is 1. The van der Waals surface area contributed by atoms with Crippen molar-refractivity contribution in [1.82, 2.24) is 20.2 Å². The number of rotatable bonds is 5. The number of aryl methyl sites for hydroxylation is 2. The number of carbonyl (C=O) groups is 1. The van der Waals surface area contributed by atoms with Crippen molar-refractivity contribution in [3.63, 3.8) is 0 Å². The molecule has 0 spiro atoms. The van der Waals surface area contributed by atoms with Crippen molar-refractivity contribution >= 4 is 33.5 Å². The summed E-state index contributed by atoms with van der Waals surface area (Å²) in [5.41, 5.74) is 10.2. The summed E-state index contributed by atoms with van der Waals surface area (Å²) in [5.74, 6) is 0.659. The number of carbonyl (C=O) groups excluding carboxylic acids is 1. The Kier molecular flexibility index (Phi) is 4.14. The third-order valence-corrected chi connectivity index (χ3v) is 4.42. The Morgan fingerprint density at radius 1 is 1.23 bits per heavy atom. The van der Waals surface area contributed by atoms with Gasteiger partial charge in [-0.3, -0.25) is 9.89 Å². The van der Waals surface area contributed by atoms with Gasteiger partial charge >= 0.3 is 0 Å². The second-order valence-corrected chi connectivity index (χ2v) is 6.33. The number of nitrogens with one attached hydrogen (secondary N) is 3. The summed E-state index contributed by atoms with van der Waals surface area (Å²) in [5, 5.41) is 10.8. The molecule has 4 aromatic rings.